The molecule has 67 heavy (non-hydrogen) atoms. The van der Waals surface area contributed by atoms with Crippen LogP contribution in [-0.4, -0.2) is 32.4 Å². The number of phenolic OH excluding ortho intramolecular Hbond substituents is 2. The number of halogens is 16. The Bertz CT molecular complexity index is 2880. The number of aromatic hydroxyl groups is 2. The number of aromatic carboxylic acids is 2. The molecule has 0 unspecified atom stereocenters. The standard InChI is InChI=1S/2C20H6Br4Cl4O5.Zr/c2*21-5-1-3-7(8-9(20(31)32)13(26)15(28)14(27)12(8)25)4-2-6(22)17(30)11(24)19(4)33-18(3)10(23)16(5)29;/h2*1-2,7,29-30H,(H,31,32);/q;;+2/p-2. The molecule has 6 aromatic rings. The number of hydrogen-bond acceptors (Lipinski definition) is 8. The molecule has 2 heterocycles. The summed E-state index contributed by atoms with van der Waals surface area (Å²) in [5.41, 5.74) is 0.962. The summed E-state index contributed by atoms with van der Waals surface area (Å²) in [6.45, 7) is 0. The zero-order valence-electron chi connectivity index (χ0n) is 31.2. The van der Waals surface area contributed by atoms with Crippen LogP contribution in [0.2, 0.25) is 40.2 Å². The Morgan fingerprint density at radius 2 is 0.701 bits per heavy atom. The van der Waals surface area contributed by atoms with Gasteiger partial charge in [-0.05, 0) is 120 Å². The molecule has 0 saturated heterocycles. The minimum Gasteiger partial charge on any atom is -0.871 e. The van der Waals surface area contributed by atoms with Crippen LogP contribution in [0.25, 0.3) is 0 Å². The summed E-state index contributed by atoms with van der Waals surface area (Å²) >= 11 is 76.8. The van der Waals surface area contributed by atoms with E-state index in [0.717, 1.165) is 0 Å². The second-order valence-electron chi connectivity index (χ2n) is 13.5. The van der Waals surface area contributed by atoms with Crippen molar-refractivity contribution in [3.05, 3.63) is 145 Å². The molecule has 0 bridgehead atoms. The number of carboxylic acid groups (broad SMARTS) is 2. The molecule has 4 N–H and O–H groups in total. The van der Waals surface area contributed by atoms with Crippen LogP contribution in [0.3, 0.4) is 0 Å². The van der Waals surface area contributed by atoms with E-state index in [1.54, 1.807) is 12.1 Å². The Balaban J connectivity index is 0.000000218. The van der Waals surface area contributed by atoms with Crippen LogP contribution in [0.15, 0.2) is 60.0 Å². The fraction of sp³-hybridized carbons (Fsp3) is 0.0500. The molecule has 10 nitrogen and oxygen atoms in total. The molecule has 8 rings (SSSR count). The van der Waals surface area contributed by atoms with Crippen molar-refractivity contribution in [3.63, 3.8) is 0 Å². The van der Waals surface area contributed by atoms with Crippen molar-refractivity contribution in [2.45, 2.75) is 11.8 Å². The van der Waals surface area contributed by atoms with Crippen molar-refractivity contribution in [1.82, 2.24) is 0 Å². The van der Waals surface area contributed by atoms with Crippen LogP contribution in [0, 0.1) is 0 Å². The summed E-state index contributed by atoms with van der Waals surface area (Å²) < 4.78 is 13.5. The van der Waals surface area contributed by atoms with E-state index in [2.05, 4.69) is 127 Å². The van der Waals surface area contributed by atoms with Crippen LogP contribution < -0.4 is 19.7 Å². The predicted octanol–water partition coefficient (Wildman–Crippen LogP) is 18.2. The van der Waals surface area contributed by atoms with Crippen molar-refractivity contribution in [3.8, 4) is 46.0 Å². The van der Waals surface area contributed by atoms with E-state index in [9.17, 15) is 40.2 Å². The van der Waals surface area contributed by atoms with Gasteiger partial charge in [-0.15, -0.1) is 0 Å². The van der Waals surface area contributed by atoms with Gasteiger partial charge in [-0.25, -0.2) is 9.59 Å². The van der Waals surface area contributed by atoms with E-state index in [-0.39, 0.29) is 150 Å². The van der Waals surface area contributed by atoms with Crippen molar-refractivity contribution in [2.24, 2.45) is 0 Å². The summed E-state index contributed by atoms with van der Waals surface area (Å²) in [5, 5.41) is 64.5. The van der Waals surface area contributed by atoms with Gasteiger partial charge < -0.3 is 40.1 Å². The van der Waals surface area contributed by atoms with Gasteiger partial charge in [0.15, 0.2) is 0 Å². The third-order valence-electron chi connectivity index (χ3n) is 9.94. The van der Waals surface area contributed by atoms with Gasteiger partial charge in [-0.3, -0.25) is 0 Å². The molecule has 27 heteroatoms. The van der Waals surface area contributed by atoms with Crippen molar-refractivity contribution in [2.75, 3.05) is 0 Å². The van der Waals surface area contributed by atoms with Gasteiger partial charge in [-0.1, -0.05) is 136 Å². The Hall–Kier alpha value is 0.103. The third kappa shape index (κ3) is 9.61. The molecule has 0 spiro atoms. The summed E-state index contributed by atoms with van der Waals surface area (Å²) in [7, 11) is 0. The third-order valence-corrected chi connectivity index (χ3v) is 18.9. The van der Waals surface area contributed by atoms with E-state index < -0.39 is 35.3 Å². The van der Waals surface area contributed by atoms with Crippen molar-refractivity contribution in [1.29, 1.82) is 0 Å². The summed E-state index contributed by atoms with van der Waals surface area (Å²) in [6, 6.07) is 6.11. The number of ether oxygens (including phenoxy) is 2. The number of carbonyl (C=O) groups is 2. The van der Waals surface area contributed by atoms with Crippen molar-refractivity contribution < 1.29 is 75.9 Å². The molecule has 0 amide bonds. The average molecular weight is 1660 g/mol. The number of hydrogen-bond donors (Lipinski definition) is 4. The first kappa shape index (κ1) is 56.4. The van der Waals surface area contributed by atoms with Crippen molar-refractivity contribution >= 4 is 232 Å². The van der Waals surface area contributed by atoms with Gasteiger partial charge in [0.1, 0.15) is 43.4 Å². The molecule has 346 valence electrons. The van der Waals surface area contributed by atoms with E-state index >= 15 is 0 Å². The van der Waals surface area contributed by atoms with Gasteiger partial charge in [0.2, 0.25) is 0 Å². The summed E-state index contributed by atoms with van der Waals surface area (Å²) in [5.74, 6) is -5.26. The predicted molar refractivity (Wildman–Crippen MR) is 279 cm³/mol. The molecular weight excluding hydrogens is 1650 g/mol. The van der Waals surface area contributed by atoms with Gasteiger partial charge in [0.25, 0.3) is 0 Å². The SMILES string of the molecule is O=C(O)c1c(Cl)c(Cl)c(Cl)c(Cl)c1C1c2cc(Br)c(O)c(Br)c2Oc2c1cc(Br)c(O)c2Br.O=C(O)c1c(Cl)c(Cl)c(Cl)c(Cl)c1C1c2cc(Br)c([O-])c(Br)c2Oc2c1cc(Br)c([O-])c2Br.[Zr+2]. The number of fused-ring (bicyclic) bond motifs is 4. The molecule has 0 atom stereocenters. The fourth-order valence-corrected chi connectivity index (χ4v) is 14.2. The van der Waals surface area contributed by atoms with Crippen LogP contribution in [-0.2, 0) is 26.2 Å². The summed E-state index contributed by atoms with van der Waals surface area (Å²) in [6.07, 6.45) is 0. The van der Waals surface area contributed by atoms with Crippen LogP contribution in [0.1, 0.15) is 65.9 Å². The van der Waals surface area contributed by atoms with Gasteiger partial charge in [0.05, 0.1) is 69.2 Å². The molecule has 0 radical (unpaired) electrons. The second-order valence-corrected chi connectivity index (χ2v) is 23.1. The van der Waals surface area contributed by atoms with E-state index in [1.807, 2.05) is 0 Å². The number of rotatable bonds is 4. The van der Waals surface area contributed by atoms with E-state index in [4.69, 9.17) is 102 Å². The first-order valence-corrected chi connectivity index (χ1v) is 26.5. The van der Waals surface area contributed by atoms with E-state index in [1.165, 1.54) is 12.1 Å². The van der Waals surface area contributed by atoms with Crippen LogP contribution in [0.5, 0.6) is 46.0 Å². The Morgan fingerprint density at radius 1 is 0.448 bits per heavy atom. The monoisotopic (exact) mass is 1650 g/mol. The molecule has 2 aliphatic heterocycles. The zero-order chi connectivity index (χ0) is 49.0. The average Bonchev–Trinajstić information content (AvgIpc) is 3.26. The largest absolute Gasteiger partial charge is 2.00 e. The number of phenols is 2. The smallest absolute Gasteiger partial charge is 0.871 e. The Labute approximate surface area is 503 Å². The Kier molecular flexibility index (Phi) is 18.1. The number of carboxylic acids is 2. The van der Waals surface area contributed by atoms with Gasteiger partial charge >= 0.3 is 38.1 Å². The molecule has 0 aliphatic carbocycles. The zero-order valence-corrected chi connectivity index (χ0v) is 52.4. The fourth-order valence-electron chi connectivity index (χ4n) is 7.12. The first-order valence-electron chi connectivity index (χ1n) is 17.1. The molecule has 6 aromatic carbocycles. The number of benzene rings is 6. The maximum absolute atomic E-state index is 12.6. The molecule has 0 fully saturated rings. The maximum atomic E-state index is 12.6. The topological polar surface area (TPSA) is 180 Å². The summed E-state index contributed by atoms with van der Waals surface area (Å²) in [4.78, 5) is 24.6. The van der Waals surface area contributed by atoms with Crippen LogP contribution in [0.4, 0.5) is 0 Å². The van der Waals surface area contributed by atoms with Gasteiger partial charge in [0, 0.05) is 54.2 Å². The molecule has 0 saturated carbocycles. The molecule has 2 aliphatic rings. The minimum atomic E-state index is -1.40. The quantitative estimate of drug-likeness (QED) is 0.0978. The molecule has 0 aromatic heterocycles. The van der Waals surface area contributed by atoms with Crippen LogP contribution >= 0.6 is 220 Å². The first-order chi connectivity index (χ1) is 30.8. The minimum absolute atomic E-state index is 0. The second kappa shape index (κ2) is 21.5. The molecular formula is C40H10Br8Cl8O10Zr. The normalized spacial score (nSPS) is 12.7. The maximum Gasteiger partial charge on any atom is 2.00 e. The Morgan fingerprint density at radius 3 is 0.985 bits per heavy atom. The van der Waals surface area contributed by atoms with Gasteiger partial charge in [-0.2, -0.15) is 0 Å². The van der Waals surface area contributed by atoms with E-state index in [0.29, 0.717) is 31.2 Å².